The lowest BCUT2D eigenvalue weighted by Crippen LogP contribution is -2.35. The summed E-state index contributed by atoms with van der Waals surface area (Å²) in [5, 5.41) is 12.0. The molecule has 0 heterocycles. The smallest absolute Gasteiger partial charge is 0.254 e. The molecule has 2 N–H and O–H groups in total. The predicted octanol–water partition coefficient (Wildman–Crippen LogP) is 2.43. The number of halogens is 1. The van der Waals surface area contributed by atoms with Gasteiger partial charge in [-0.1, -0.05) is 24.3 Å². The van der Waals surface area contributed by atoms with E-state index in [1.807, 2.05) is 24.3 Å². The topological polar surface area (TPSA) is 49.3 Å². The lowest BCUT2D eigenvalue weighted by molar-refractivity contribution is 0.0934. The quantitative estimate of drug-likeness (QED) is 0.881. The van der Waals surface area contributed by atoms with Gasteiger partial charge in [0.2, 0.25) is 0 Å². The summed E-state index contributed by atoms with van der Waals surface area (Å²) in [6.07, 6.45) is 1.53. The maximum absolute atomic E-state index is 13.6. The standard InChI is InChI=1S/C16H14FNO2/c17-15-9-13(19)5-6-14(15)16(20)18-12-7-10-3-1-2-4-11(10)8-12/h1-6,9,12,19H,7-8H2,(H,18,20). The maximum Gasteiger partial charge on any atom is 0.254 e. The van der Waals surface area contributed by atoms with Gasteiger partial charge in [-0.3, -0.25) is 4.79 Å². The number of nitrogens with one attached hydrogen (secondary N) is 1. The number of rotatable bonds is 2. The van der Waals surface area contributed by atoms with Crippen LogP contribution >= 0.6 is 0 Å². The Morgan fingerprint density at radius 3 is 2.40 bits per heavy atom. The van der Waals surface area contributed by atoms with Crippen LogP contribution in [-0.2, 0) is 12.8 Å². The third-order valence-electron chi connectivity index (χ3n) is 3.58. The van der Waals surface area contributed by atoms with Gasteiger partial charge in [0.25, 0.3) is 5.91 Å². The Morgan fingerprint density at radius 1 is 1.15 bits per heavy atom. The van der Waals surface area contributed by atoms with E-state index in [0.717, 1.165) is 18.9 Å². The van der Waals surface area contributed by atoms with Gasteiger partial charge in [0.15, 0.2) is 0 Å². The second-order valence-corrected chi connectivity index (χ2v) is 5.01. The van der Waals surface area contributed by atoms with Crippen molar-refractivity contribution in [2.45, 2.75) is 18.9 Å². The van der Waals surface area contributed by atoms with E-state index in [2.05, 4.69) is 5.32 Å². The van der Waals surface area contributed by atoms with Crippen molar-refractivity contribution in [2.24, 2.45) is 0 Å². The molecule has 0 aromatic heterocycles. The van der Waals surface area contributed by atoms with E-state index in [9.17, 15) is 9.18 Å². The Kier molecular flexibility index (Phi) is 3.14. The van der Waals surface area contributed by atoms with Crippen LogP contribution in [-0.4, -0.2) is 17.1 Å². The van der Waals surface area contributed by atoms with Crippen LogP contribution in [0, 0.1) is 5.82 Å². The third-order valence-corrected chi connectivity index (χ3v) is 3.58. The van der Waals surface area contributed by atoms with Crippen molar-refractivity contribution < 1.29 is 14.3 Å². The molecule has 4 heteroatoms. The normalized spacial score (nSPS) is 14.1. The molecule has 0 atom stereocenters. The second kappa shape index (κ2) is 4.96. The molecule has 0 aliphatic heterocycles. The zero-order valence-electron chi connectivity index (χ0n) is 10.8. The van der Waals surface area contributed by atoms with E-state index < -0.39 is 11.7 Å². The molecule has 1 amide bonds. The van der Waals surface area contributed by atoms with Gasteiger partial charge in [0, 0.05) is 12.1 Å². The number of aromatic hydroxyl groups is 1. The summed E-state index contributed by atoms with van der Waals surface area (Å²) in [5.41, 5.74) is 2.41. The molecule has 0 bridgehead atoms. The Balaban J connectivity index is 1.72. The Bertz CT molecular complexity index is 644. The number of phenols is 1. The van der Waals surface area contributed by atoms with Gasteiger partial charge < -0.3 is 10.4 Å². The van der Waals surface area contributed by atoms with E-state index >= 15 is 0 Å². The first-order valence-corrected chi connectivity index (χ1v) is 6.49. The number of hydrogen-bond donors (Lipinski definition) is 2. The van der Waals surface area contributed by atoms with Crippen molar-refractivity contribution in [3.8, 4) is 5.75 Å². The summed E-state index contributed by atoms with van der Waals surface area (Å²) in [5.74, 6) is -1.34. The average Bonchev–Trinajstić information content (AvgIpc) is 2.80. The average molecular weight is 271 g/mol. The molecule has 1 aliphatic rings. The summed E-state index contributed by atoms with van der Waals surface area (Å²) < 4.78 is 13.6. The van der Waals surface area contributed by atoms with Crippen LogP contribution < -0.4 is 5.32 Å². The van der Waals surface area contributed by atoms with Crippen LogP contribution in [0.2, 0.25) is 0 Å². The number of hydrogen-bond acceptors (Lipinski definition) is 2. The zero-order chi connectivity index (χ0) is 14.1. The van der Waals surface area contributed by atoms with Crippen LogP contribution in [0.25, 0.3) is 0 Å². The molecular formula is C16H14FNO2. The lowest BCUT2D eigenvalue weighted by Gasteiger charge is -2.12. The van der Waals surface area contributed by atoms with E-state index in [1.54, 1.807) is 0 Å². The molecule has 0 radical (unpaired) electrons. The molecule has 1 aliphatic carbocycles. The van der Waals surface area contributed by atoms with Crippen LogP contribution in [0.5, 0.6) is 5.75 Å². The Labute approximate surface area is 116 Å². The monoisotopic (exact) mass is 271 g/mol. The summed E-state index contributed by atoms with van der Waals surface area (Å²) in [6.45, 7) is 0. The van der Waals surface area contributed by atoms with Crippen molar-refractivity contribution in [1.82, 2.24) is 5.32 Å². The van der Waals surface area contributed by atoms with Crippen LogP contribution in [0.1, 0.15) is 21.5 Å². The maximum atomic E-state index is 13.6. The van der Waals surface area contributed by atoms with Crippen molar-refractivity contribution in [1.29, 1.82) is 0 Å². The van der Waals surface area contributed by atoms with Gasteiger partial charge in [0.05, 0.1) is 5.56 Å². The van der Waals surface area contributed by atoms with Gasteiger partial charge in [-0.05, 0) is 36.1 Å². The first kappa shape index (κ1) is 12.7. The van der Waals surface area contributed by atoms with Crippen LogP contribution in [0.15, 0.2) is 42.5 Å². The van der Waals surface area contributed by atoms with Gasteiger partial charge >= 0.3 is 0 Å². The minimum absolute atomic E-state index is 0.00639. The minimum atomic E-state index is -0.710. The Hall–Kier alpha value is -2.36. The molecule has 0 unspecified atom stereocenters. The highest BCUT2D eigenvalue weighted by Gasteiger charge is 2.23. The number of benzene rings is 2. The first-order valence-electron chi connectivity index (χ1n) is 6.49. The molecule has 0 saturated heterocycles. The van der Waals surface area contributed by atoms with E-state index in [1.165, 1.54) is 23.3 Å². The molecule has 3 nitrogen and oxygen atoms in total. The molecule has 0 saturated carbocycles. The van der Waals surface area contributed by atoms with Gasteiger partial charge in [0.1, 0.15) is 11.6 Å². The second-order valence-electron chi connectivity index (χ2n) is 5.01. The van der Waals surface area contributed by atoms with Crippen molar-refractivity contribution >= 4 is 5.91 Å². The highest BCUT2D eigenvalue weighted by molar-refractivity contribution is 5.94. The Morgan fingerprint density at radius 2 is 1.80 bits per heavy atom. The van der Waals surface area contributed by atoms with Crippen LogP contribution in [0.3, 0.4) is 0 Å². The summed E-state index contributed by atoms with van der Waals surface area (Å²) in [6, 6.07) is 11.6. The van der Waals surface area contributed by atoms with Gasteiger partial charge in [-0.25, -0.2) is 4.39 Å². The highest BCUT2D eigenvalue weighted by Crippen LogP contribution is 2.22. The number of amides is 1. The fourth-order valence-electron chi connectivity index (χ4n) is 2.61. The number of carbonyl (C=O) groups excluding carboxylic acids is 1. The fraction of sp³-hybridized carbons (Fsp3) is 0.188. The van der Waals surface area contributed by atoms with Crippen molar-refractivity contribution in [2.75, 3.05) is 0 Å². The predicted molar refractivity (Wildman–Crippen MR) is 73.2 cm³/mol. The first-order chi connectivity index (χ1) is 9.63. The number of fused-ring (bicyclic) bond motifs is 1. The molecular weight excluding hydrogens is 257 g/mol. The molecule has 0 spiro atoms. The lowest BCUT2D eigenvalue weighted by atomic mass is 10.1. The summed E-state index contributed by atoms with van der Waals surface area (Å²) in [7, 11) is 0. The van der Waals surface area contributed by atoms with Crippen molar-refractivity contribution in [3.05, 3.63) is 65.0 Å². The number of carbonyl (C=O) groups is 1. The molecule has 0 fully saturated rings. The van der Waals surface area contributed by atoms with Crippen molar-refractivity contribution in [3.63, 3.8) is 0 Å². The molecule has 102 valence electrons. The fourth-order valence-corrected chi connectivity index (χ4v) is 2.61. The molecule has 2 aromatic carbocycles. The summed E-state index contributed by atoms with van der Waals surface area (Å²) in [4.78, 5) is 12.1. The highest BCUT2D eigenvalue weighted by atomic mass is 19.1. The summed E-state index contributed by atoms with van der Waals surface area (Å²) >= 11 is 0. The molecule has 20 heavy (non-hydrogen) atoms. The number of phenolic OH excluding ortho intramolecular Hbond substituents is 1. The largest absolute Gasteiger partial charge is 0.508 e. The van der Waals surface area contributed by atoms with E-state index in [4.69, 9.17) is 5.11 Å². The zero-order valence-corrected chi connectivity index (χ0v) is 10.8. The SMILES string of the molecule is O=C(NC1Cc2ccccc2C1)c1ccc(O)cc1F. The third kappa shape index (κ3) is 2.37. The minimum Gasteiger partial charge on any atom is -0.508 e. The van der Waals surface area contributed by atoms with Gasteiger partial charge in [-0.2, -0.15) is 0 Å². The van der Waals surface area contributed by atoms with E-state index in [0.29, 0.717) is 0 Å². The van der Waals surface area contributed by atoms with E-state index in [-0.39, 0.29) is 17.4 Å². The van der Waals surface area contributed by atoms with Gasteiger partial charge in [-0.15, -0.1) is 0 Å². The molecule has 2 aromatic rings. The van der Waals surface area contributed by atoms with Crippen LogP contribution in [0.4, 0.5) is 4.39 Å². The molecule has 3 rings (SSSR count).